The largest absolute Gasteiger partial charge is 0.342 e. The molecule has 27 heavy (non-hydrogen) atoms. The van der Waals surface area contributed by atoms with Crippen molar-refractivity contribution in [1.82, 2.24) is 9.88 Å². The molecule has 0 radical (unpaired) electrons. The zero-order valence-electron chi connectivity index (χ0n) is 15.8. The van der Waals surface area contributed by atoms with Crippen LogP contribution in [0.2, 0.25) is 0 Å². The molecule has 142 valence electrons. The van der Waals surface area contributed by atoms with E-state index < -0.39 is 0 Å². The van der Waals surface area contributed by atoms with E-state index in [0.717, 1.165) is 36.9 Å². The van der Waals surface area contributed by atoms with Crippen LogP contribution < -0.4 is 5.32 Å². The van der Waals surface area contributed by atoms with Gasteiger partial charge in [-0.1, -0.05) is 23.8 Å². The van der Waals surface area contributed by atoms with Crippen LogP contribution in [0.15, 0.2) is 23.6 Å². The third kappa shape index (κ3) is 4.05. The van der Waals surface area contributed by atoms with Crippen molar-refractivity contribution >= 4 is 28.3 Å². The van der Waals surface area contributed by atoms with E-state index in [1.54, 1.807) is 0 Å². The molecular weight excluding hydrogens is 358 g/mol. The van der Waals surface area contributed by atoms with Crippen LogP contribution in [-0.4, -0.2) is 34.8 Å². The topological polar surface area (TPSA) is 62.3 Å². The molecule has 0 unspecified atom stereocenters. The molecule has 2 amide bonds. The van der Waals surface area contributed by atoms with Gasteiger partial charge in [0, 0.05) is 35.9 Å². The Hall–Kier alpha value is -2.21. The maximum Gasteiger partial charge on any atom is 0.229 e. The average molecular weight is 384 g/mol. The summed E-state index contributed by atoms with van der Waals surface area (Å²) < 4.78 is 0. The number of nitrogens with one attached hydrogen (secondary N) is 1. The summed E-state index contributed by atoms with van der Waals surface area (Å²) in [6, 6.07) is 6.30. The number of aryl methyl sites for hydroxylation is 2. The van der Waals surface area contributed by atoms with Crippen LogP contribution in [0, 0.1) is 25.7 Å². The highest BCUT2D eigenvalue weighted by Crippen LogP contribution is 2.33. The maximum absolute atomic E-state index is 12.6. The molecule has 2 aliphatic rings. The Balaban J connectivity index is 1.35. The first-order valence-electron chi connectivity index (χ1n) is 9.64. The number of thiazole rings is 1. The van der Waals surface area contributed by atoms with Crippen LogP contribution >= 0.6 is 11.3 Å². The van der Waals surface area contributed by atoms with Gasteiger partial charge >= 0.3 is 0 Å². The molecule has 1 saturated carbocycles. The van der Waals surface area contributed by atoms with Crippen molar-refractivity contribution < 1.29 is 9.59 Å². The summed E-state index contributed by atoms with van der Waals surface area (Å²) in [5, 5.41) is 5.61. The molecule has 2 fully saturated rings. The van der Waals surface area contributed by atoms with Crippen molar-refractivity contribution in [2.45, 2.75) is 39.5 Å². The number of aromatic nitrogens is 1. The molecule has 0 bridgehead atoms. The summed E-state index contributed by atoms with van der Waals surface area (Å²) in [4.78, 5) is 31.3. The van der Waals surface area contributed by atoms with E-state index in [4.69, 9.17) is 0 Å². The quantitative estimate of drug-likeness (QED) is 0.867. The first kappa shape index (κ1) is 18.2. The van der Waals surface area contributed by atoms with Gasteiger partial charge in [-0.2, -0.15) is 0 Å². The van der Waals surface area contributed by atoms with Gasteiger partial charge in [0.15, 0.2) is 5.13 Å². The monoisotopic (exact) mass is 383 g/mol. The lowest BCUT2D eigenvalue weighted by Gasteiger charge is -2.31. The minimum Gasteiger partial charge on any atom is -0.342 e. The number of rotatable bonds is 4. The van der Waals surface area contributed by atoms with Gasteiger partial charge in [-0.05, 0) is 45.1 Å². The Morgan fingerprint density at radius 1 is 1.11 bits per heavy atom. The molecule has 2 aromatic rings. The van der Waals surface area contributed by atoms with E-state index in [1.165, 1.54) is 22.5 Å². The lowest BCUT2D eigenvalue weighted by Crippen LogP contribution is -2.42. The lowest BCUT2D eigenvalue weighted by molar-refractivity contribution is -0.135. The highest BCUT2D eigenvalue weighted by atomic mass is 32.1. The predicted octanol–water partition coefficient (Wildman–Crippen LogP) is 4.01. The molecule has 1 aliphatic carbocycles. The Morgan fingerprint density at radius 3 is 2.52 bits per heavy atom. The molecule has 4 rings (SSSR count). The number of amides is 2. The second-order valence-corrected chi connectivity index (χ2v) is 8.58. The molecule has 1 aromatic heterocycles. The van der Waals surface area contributed by atoms with Crippen LogP contribution in [0.4, 0.5) is 5.13 Å². The smallest absolute Gasteiger partial charge is 0.229 e. The number of anilines is 1. The zero-order chi connectivity index (χ0) is 19.0. The summed E-state index contributed by atoms with van der Waals surface area (Å²) in [5.41, 5.74) is 4.42. The van der Waals surface area contributed by atoms with E-state index in [2.05, 4.69) is 42.3 Å². The number of likely N-dealkylation sites (tertiary alicyclic amines) is 1. The number of carbonyl (C=O) groups excluding carboxylic acids is 2. The molecule has 5 nitrogen and oxygen atoms in total. The number of carbonyl (C=O) groups is 2. The third-order valence-corrected chi connectivity index (χ3v) is 6.25. The van der Waals surface area contributed by atoms with Gasteiger partial charge in [-0.25, -0.2) is 4.98 Å². The molecule has 6 heteroatoms. The number of piperidine rings is 1. The van der Waals surface area contributed by atoms with Crippen molar-refractivity contribution in [3.63, 3.8) is 0 Å². The highest BCUT2D eigenvalue weighted by molar-refractivity contribution is 7.14. The standard InChI is InChI=1S/C21H25N3O2S/c1-13-3-6-17(14(2)11-13)18-12-27-21(22-18)23-19(25)15-7-9-24(10-8-15)20(26)16-4-5-16/h3,6,11-12,15-16H,4-5,7-10H2,1-2H3,(H,22,23,25). The number of benzene rings is 1. The van der Waals surface area contributed by atoms with Crippen LogP contribution in [0.3, 0.4) is 0 Å². The molecule has 1 aliphatic heterocycles. The molecule has 0 atom stereocenters. The van der Waals surface area contributed by atoms with E-state index in [9.17, 15) is 9.59 Å². The number of hydrogen-bond acceptors (Lipinski definition) is 4. The van der Waals surface area contributed by atoms with E-state index in [1.807, 2.05) is 10.3 Å². The Morgan fingerprint density at radius 2 is 1.85 bits per heavy atom. The molecule has 1 aromatic carbocycles. The Labute approximate surface area is 163 Å². The summed E-state index contributed by atoms with van der Waals surface area (Å²) in [7, 11) is 0. The minimum atomic E-state index is -0.0401. The first-order valence-corrected chi connectivity index (χ1v) is 10.5. The fourth-order valence-corrected chi connectivity index (χ4v) is 4.43. The van der Waals surface area contributed by atoms with Gasteiger partial charge in [0.2, 0.25) is 11.8 Å². The van der Waals surface area contributed by atoms with E-state index in [0.29, 0.717) is 18.2 Å². The summed E-state index contributed by atoms with van der Waals surface area (Å²) in [6.45, 7) is 5.54. The van der Waals surface area contributed by atoms with Crippen molar-refractivity contribution in [2.24, 2.45) is 11.8 Å². The van der Waals surface area contributed by atoms with Crippen LogP contribution in [0.1, 0.15) is 36.8 Å². The predicted molar refractivity (Wildman–Crippen MR) is 108 cm³/mol. The van der Waals surface area contributed by atoms with Crippen molar-refractivity contribution in [1.29, 1.82) is 0 Å². The number of hydrogen-bond donors (Lipinski definition) is 1. The van der Waals surface area contributed by atoms with Gasteiger partial charge in [-0.15, -0.1) is 11.3 Å². The fraction of sp³-hybridized carbons (Fsp3) is 0.476. The van der Waals surface area contributed by atoms with Crippen molar-refractivity contribution in [3.05, 3.63) is 34.7 Å². The van der Waals surface area contributed by atoms with Crippen molar-refractivity contribution in [3.8, 4) is 11.3 Å². The maximum atomic E-state index is 12.6. The van der Waals surface area contributed by atoms with Crippen molar-refractivity contribution in [2.75, 3.05) is 18.4 Å². The fourth-order valence-electron chi connectivity index (χ4n) is 3.71. The third-order valence-electron chi connectivity index (χ3n) is 5.50. The lowest BCUT2D eigenvalue weighted by atomic mass is 9.95. The Kier molecular flexibility index (Phi) is 5.00. The highest BCUT2D eigenvalue weighted by Gasteiger charge is 2.36. The first-order chi connectivity index (χ1) is 13.0. The molecule has 1 N–H and O–H groups in total. The summed E-state index contributed by atoms with van der Waals surface area (Å²) in [6.07, 6.45) is 3.54. The van der Waals surface area contributed by atoms with E-state index in [-0.39, 0.29) is 23.7 Å². The minimum absolute atomic E-state index is 0.0232. The normalized spacial score (nSPS) is 17.8. The molecule has 2 heterocycles. The molecule has 0 spiro atoms. The SMILES string of the molecule is Cc1ccc(-c2csc(NC(=O)C3CCN(C(=O)C4CC4)CC3)n2)c(C)c1. The van der Waals surface area contributed by atoms with Gasteiger partial charge in [0.25, 0.3) is 0 Å². The van der Waals surface area contributed by atoms with Crippen LogP contribution in [0.25, 0.3) is 11.3 Å². The van der Waals surface area contributed by atoms with Gasteiger partial charge < -0.3 is 10.2 Å². The van der Waals surface area contributed by atoms with Gasteiger partial charge in [0.05, 0.1) is 5.69 Å². The summed E-state index contributed by atoms with van der Waals surface area (Å²) >= 11 is 1.46. The van der Waals surface area contributed by atoms with Gasteiger partial charge in [0.1, 0.15) is 0 Å². The zero-order valence-corrected chi connectivity index (χ0v) is 16.6. The number of nitrogens with zero attached hydrogens (tertiary/aromatic N) is 2. The van der Waals surface area contributed by atoms with Gasteiger partial charge in [-0.3, -0.25) is 9.59 Å². The van der Waals surface area contributed by atoms with Crippen LogP contribution in [-0.2, 0) is 9.59 Å². The summed E-state index contributed by atoms with van der Waals surface area (Å²) in [5.74, 6) is 0.526. The second-order valence-electron chi connectivity index (χ2n) is 7.72. The van der Waals surface area contributed by atoms with Crippen LogP contribution in [0.5, 0.6) is 0 Å². The average Bonchev–Trinajstić information content (AvgIpc) is 3.41. The second kappa shape index (κ2) is 7.43. The molecule has 1 saturated heterocycles. The van der Waals surface area contributed by atoms with E-state index >= 15 is 0 Å². The molecular formula is C21H25N3O2S. The Bertz CT molecular complexity index is 864.